The van der Waals surface area contributed by atoms with E-state index in [4.69, 9.17) is 0 Å². The van der Waals surface area contributed by atoms with Gasteiger partial charge in [0.05, 0.1) is 0 Å². The van der Waals surface area contributed by atoms with Gasteiger partial charge in [-0.3, -0.25) is 9.59 Å². The molecule has 0 unspecified atom stereocenters. The van der Waals surface area contributed by atoms with Crippen molar-refractivity contribution in [3.63, 3.8) is 0 Å². The van der Waals surface area contributed by atoms with Crippen molar-refractivity contribution in [2.75, 3.05) is 0 Å². The van der Waals surface area contributed by atoms with Gasteiger partial charge in [0, 0.05) is 11.1 Å². The van der Waals surface area contributed by atoms with E-state index in [0.717, 1.165) is 47.7 Å². The molecule has 2 aromatic carbocycles. The lowest BCUT2D eigenvalue weighted by atomic mass is 9.87. The van der Waals surface area contributed by atoms with Gasteiger partial charge in [-0.2, -0.15) is 0 Å². The van der Waals surface area contributed by atoms with Crippen LogP contribution in [0.2, 0.25) is 0 Å². The van der Waals surface area contributed by atoms with Crippen molar-refractivity contribution in [2.24, 2.45) is 0 Å². The zero-order valence-corrected chi connectivity index (χ0v) is 11.9. The summed E-state index contributed by atoms with van der Waals surface area (Å²) >= 11 is 0. The van der Waals surface area contributed by atoms with Crippen LogP contribution in [0.1, 0.15) is 43.8 Å². The van der Waals surface area contributed by atoms with Gasteiger partial charge in [0.25, 0.3) is 0 Å². The first kappa shape index (κ1) is 13.5. The molecular weight excluding hydrogens is 260 g/mol. The Morgan fingerprint density at radius 1 is 1.00 bits per heavy atom. The fraction of sp³-hybridized carbons (Fsp3) is 0.158. The topological polar surface area (TPSA) is 34.1 Å². The Hall–Kier alpha value is -2.48. The second kappa shape index (κ2) is 5.49. The molecule has 0 aromatic heterocycles. The third-order valence-electron chi connectivity index (χ3n) is 3.98. The lowest BCUT2D eigenvalue weighted by Crippen LogP contribution is -2.02. The molecule has 0 aliphatic heterocycles. The Bertz CT molecular complexity index is 754. The summed E-state index contributed by atoms with van der Waals surface area (Å²) in [5.74, 6) is 0. The van der Waals surface area contributed by atoms with Gasteiger partial charge in [0.15, 0.2) is 12.6 Å². The summed E-state index contributed by atoms with van der Waals surface area (Å²) in [5, 5.41) is 0. The Kier molecular flexibility index (Phi) is 3.53. The quantitative estimate of drug-likeness (QED) is 0.785. The van der Waals surface area contributed by atoms with Crippen molar-refractivity contribution in [1.29, 1.82) is 0 Å². The van der Waals surface area contributed by atoms with Crippen LogP contribution >= 0.6 is 0 Å². The maximum atomic E-state index is 11.6. The van der Waals surface area contributed by atoms with Crippen molar-refractivity contribution in [3.05, 3.63) is 64.2 Å². The normalized spacial score (nSPS) is 12.8. The molecule has 0 spiro atoms. The van der Waals surface area contributed by atoms with Crippen LogP contribution in [0.3, 0.4) is 0 Å². The maximum Gasteiger partial charge on any atom is 0.151 e. The van der Waals surface area contributed by atoms with E-state index < -0.39 is 0 Å². The Labute approximate surface area is 124 Å². The lowest BCUT2D eigenvalue weighted by molar-refractivity contribution is 0.111. The highest BCUT2D eigenvalue weighted by molar-refractivity contribution is 5.97. The third-order valence-corrected chi connectivity index (χ3v) is 3.98. The molecule has 0 heterocycles. The molecule has 0 fully saturated rings. The average Bonchev–Trinajstić information content (AvgIpc) is 2.53. The largest absolute Gasteiger partial charge is 0.298 e. The van der Waals surface area contributed by atoms with Crippen LogP contribution in [0.25, 0.3) is 17.2 Å². The minimum atomic E-state index is 0.623. The molecule has 2 aromatic rings. The van der Waals surface area contributed by atoms with Crippen LogP contribution in [0, 0.1) is 6.92 Å². The smallest absolute Gasteiger partial charge is 0.151 e. The fourth-order valence-electron chi connectivity index (χ4n) is 2.92. The standard InChI is InChI=1S/C19H16O2/c1-13-6-8-17(15(10-13)11-20)18-9-7-14-4-2-3-5-16(14)19(18)12-21/h3,5-12H,2,4H2,1H3. The van der Waals surface area contributed by atoms with Crippen LogP contribution in [0.4, 0.5) is 0 Å². The predicted octanol–water partition coefficient (Wildman–Crippen LogP) is 4.25. The van der Waals surface area contributed by atoms with Crippen LogP contribution in [0.15, 0.2) is 36.4 Å². The minimum absolute atomic E-state index is 0.623. The molecule has 0 N–H and O–H groups in total. The zero-order chi connectivity index (χ0) is 14.8. The summed E-state index contributed by atoms with van der Waals surface area (Å²) < 4.78 is 0. The first-order valence-corrected chi connectivity index (χ1v) is 7.08. The van der Waals surface area contributed by atoms with Gasteiger partial charge in [-0.05, 0) is 48.1 Å². The summed E-state index contributed by atoms with van der Waals surface area (Å²) in [6, 6.07) is 9.76. The lowest BCUT2D eigenvalue weighted by Gasteiger charge is -2.17. The number of benzene rings is 2. The van der Waals surface area contributed by atoms with E-state index in [-0.39, 0.29) is 0 Å². The zero-order valence-electron chi connectivity index (χ0n) is 11.9. The minimum Gasteiger partial charge on any atom is -0.298 e. The van der Waals surface area contributed by atoms with Crippen LogP contribution in [-0.4, -0.2) is 12.6 Å². The molecular formula is C19H16O2. The third kappa shape index (κ3) is 2.33. The van der Waals surface area contributed by atoms with Crippen LogP contribution in [-0.2, 0) is 6.42 Å². The molecule has 3 rings (SSSR count). The maximum absolute atomic E-state index is 11.6. The van der Waals surface area contributed by atoms with E-state index in [1.807, 2.05) is 37.3 Å². The Balaban J connectivity index is 2.27. The number of rotatable bonds is 3. The summed E-state index contributed by atoms with van der Waals surface area (Å²) in [6.07, 6.45) is 7.83. The van der Waals surface area contributed by atoms with Gasteiger partial charge in [-0.25, -0.2) is 0 Å². The van der Waals surface area contributed by atoms with Crippen molar-refractivity contribution in [1.82, 2.24) is 0 Å². The first-order valence-electron chi connectivity index (χ1n) is 7.08. The molecule has 0 saturated heterocycles. The van der Waals surface area contributed by atoms with E-state index in [2.05, 4.69) is 12.1 Å². The van der Waals surface area contributed by atoms with E-state index in [9.17, 15) is 9.59 Å². The number of carbonyl (C=O) groups is 2. The van der Waals surface area contributed by atoms with E-state index in [0.29, 0.717) is 11.1 Å². The van der Waals surface area contributed by atoms with Gasteiger partial charge < -0.3 is 0 Å². The molecule has 0 atom stereocenters. The average molecular weight is 276 g/mol. The number of hydrogen-bond acceptors (Lipinski definition) is 2. The SMILES string of the molecule is Cc1ccc(-c2ccc3c(c2C=O)C=CCC3)c(C=O)c1. The molecule has 0 bridgehead atoms. The van der Waals surface area contributed by atoms with Crippen LogP contribution < -0.4 is 0 Å². The van der Waals surface area contributed by atoms with Gasteiger partial charge in [0.2, 0.25) is 0 Å². The van der Waals surface area contributed by atoms with Crippen molar-refractivity contribution < 1.29 is 9.59 Å². The van der Waals surface area contributed by atoms with Crippen molar-refractivity contribution in [2.45, 2.75) is 19.8 Å². The molecule has 1 aliphatic rings. The fourth-order valence-corrected chi connectivity index (χ4v) is 2.92. The molecule has 1 aliphatic carbocycles. The number of aryl methyl sites for hydroxylation is 2. The number of hydrogen-bond donors (Lipinski definition) is 0. The molecule has 0 amide bonds. The van der Waals surface area contributed by atoms with Crippen molar-refractivity contribution >= 4 is 18.6 Å². The van der Waals surface area contributed by atoms with E-state index in [1.165, 1.54) is 5.56 Å². The van der Waals surface area contributed by atoms with E-state index >= 15 is 0 Å². The number of fused-ring (bicyclic) bond motifs is 1. The number of aldehydes is 2. The van der Waals surface area contributed by atoms with Crippen molar-refractivity contribution in [3.8, 4) is 11.1 Å². The van der Waals surface area contributed by atoms with E-state index in [1.54, 1.807) is 0 Å². The van der Waals surface area contributed by atoms with Crippen LogP contribution in [0.5, 0.6) is 0 Å². The molecule has 0 saturated carbocycles. The highest BCUT2D eigenvalue weighted by atomic mass is 16.1. The summed E-state index contributed by atoms with van der Waals surface area (Å²) in [4.78, 5) is 23.0. The Morgan fingerprint density at radius 2 is 1.81 bits per heavy atom. The number of carbonyl (C=O) groups excluding carboxylic acids is 2. The predicted molar refractivity (Wildman–Crippen MR) is 84.7 cm³/mol. The molecule has 104 valence electrons. The Morgan fingerprint density at radius 3 is 2.57 bits per heavy atom. The summed E-state index contributed by atoms with van der Waals surface area (Å²) in [5.41, 5.74) is 6.17. The summed E-state index contributed by atoms with van der Waals surface area (Å²) in [7, 11) is 0. The monoisotopic (exact) mass is 276 g/mol. The molecule has 0 radical (unpaired) electrons. The van der Waals surface area contributed by atoms with Gasteiger partial charge in [-0.1, -0.05) is 42.0 Å². The molecule has 2 nitrogen and oxygen atoms in total. The van der Waals surface area contributed by atoms with Gasteiger partial charge in [-0.15, -0.1) is 0 Å². The second-order valence-electron chi connectivity index (χ2n) is 5.37. The second-order valence-corrected chi connectivity index (χ2v) is 5.37. The number of allylic oxidation sites excluding steroid dienone is 1. The highest BCUT2D eigenvalue weighted by Crippen LogP contribution is 2.32. The summed E-state index contributed by atoms with van der Waals surface area (Å²) in [6.45, 7) is 1.95. The molecule has 21 heavy (non-hydrogen) atoms. The highest BCUT2D eigenvalue weighted by Gasteiger charge is 2.16. The van der Waals surface area contributed by atoms with Gasteiger partial charge in [0.1, 0.15) is 0 Å². The molecule has 2 heteroatoms. The first-order chi connectivity index (χ1) is 10.2. The van der Waals surface area contributed by atoms with Gasteiger partial charge >= 0.3 is 0 Å².